The van der Waals surface area contributed by atoms with Gasteiger partial charge in [0.1, 0.15) is 11.5 Å². The summed E-state index contributed by atoms with van der Waals surface area (Å²) < 4.78 is 0. The summed E-state index contributed by atoms with van der Waals surface area (Å²) in [4.78, 5) is 0. The first kappa shape index (κ1) is 9.09. The van der Waals surface area contributed by atoms with Crippen LogP contribution in [-0.4, -0.2) is 10.2 Å². The molecule has 0 atom stereocenters. The predicted molar refractivity (Wildman–Crippen MR) is 57.8 cm³/mol. The van der Waals surface area contributed by atoms with Crippen LogP contribution >= 0.6 is 11.3 Å². The van der Waals surface area contributed by atoms with E-state index in [2.05, 4.69) is 0 Å². The van der Waals surface area contributed by atoms with Crippen molar-refractivity contribution in [3.8, 4) is 22.6 Å². The van der Waals surface area contributed by atoms with Crippen LogP contribution in [0.5, 0.6) is 11.5 Å². The van der Waals surface area contributed by atoms with Gasteiger partial charge in [-0.1, -0.05) is 0 Å². The largest absolute Gasteiger partial charge is 0.508 e. The zero-order valence-corrected chi connectivity index (χ0v) is 8.51. The Bertz CT molecular complexity index is 460. The van der Waals surface area contributed by atoms with Crippen molar-refractivity contribution >= 4 is 11.3 Å². The lowest BCUT2D eigenvalue weighted by Gasteiger charge is -2.04. The molecular formula is C11H10O2S. The second-order valence-corrected chi connectivity index (χ2v) is 3.91. The maximum Gasteiger partial charge on any atom is 0.127 e. The molecule has 0 fully saturated rings. The van der Waals surface area contributed by atoms with E-state index in [9.17, 15) is 5.11 Å². The number of phenolic OH excluding ortho intramolecular Hbond substituents is 2. The summed E-state index contributed by atoms with van der Waals surface area (Å²) in [5.74, 6) is 0.200. The highest BCUT2D eigenvalue weighted by molar-refractivity contribution is 7.08. The summed E-state index contributed by atoms with van der Waals surface area (Å²) in [5.41, 5.74) is 2.92. The molecule has 0 aliphatic rings. The quantitative estimate of drug-likeness (QED) is 0.752. The Morgan fingerprint density at radius 1 is 1.07 bits per heavy atom. The lowest BCUT2D eigenvalue weighted by Crippen LogP contribution is -1.78. The fraction of sp³-hybridized carbons (Fsp3) is 0.0909. The molecule has 0 saturated carbocycles. The Hall–Kier alpha value is -1.48. The molecule has 0 amide bonds. The van der Waals surface area contributed by atoms with E-state index in [4.69, 9.17) is 5.11 Å². The van der Waals surface area contributed by atoms with Gasteiger partial charge in [0.15, 0.2) is 0 Å². The van der Waals surface area contributed by atoms with Crippen LogP contribution in [0.1, 0.15) is 5.56 Å². The maximum absolute atomic E-state index is 9.63. The van der Waals surface area contributed by atoms with E-state index in [0.717, 1.165) is 16.7 Å². The summed E-state index contributed by atoms with van der Waals surface area (Å²) in [5, 5.41) is 22.8. The topological polar surface area (TPSA) is 40.5 Å². The molecule has 1 heterocycles. The smallest absolute Gasteiger partial charge is 0.127 e. The zero-order chi connectivity index (χ0) is 10.1. The van der Waals surface area contributed by atoms with Gasteiger partial charge in [0, 0.05) is 11.6 Å². The van der Waals surface area contributed by atoms with Gasteiger partial charge < -0.3 is 10.2 Å². The number of aryl methyl sites for hydroxylation is 1. The molecule has 0 unspecified atom stereocenters. The van der Waals surface area contributed by atoms with Crippen molar-refractivity contribution in [2.45, 2.75) is 6.92 Å². The fourth-order valence-corrected chi connectivity index (χ4v) is 2.23. The Labute approximate surface area is 86.1 Å². The van der Waals surface area contributed by atoms with Gasteiger partial charge in [-0.15, -0.1) is 0 Å². The van der Waals surface area contributed by atoms with Gasteiger partial charge in [-0.3, -0.25) is 0 Å². The van der Waals surface area contributed by atoms with E-state index in [1.54, 1.807) is 23.5 Å². The van der Waals surface area contributed by atoms with Crippen molar-refractivity contribution in [2.75, 3.05) is 0 Å². The van der Waals surface area contributed by atoms with Gasteiger partial charge in [-0.05, 0) is 40.9 Å². The average Bonchev–Trinajstić information content (AvgIpc) is 2.52. The summed E-state index contributed by atoms with van der Waals surface area (Å²) in [7, 11) is 0. The Morgan fingerprint density at radius 2 is 1.86 bits per heavy atom. The zero-order valence-electron chi connectivity index (χ0n) is 7.69. The van der Waals surface area contributed by atoms with Crippen molar-refractivity contribution in [3.05, 3.63) is 34.5 Å². The summed E-state index contributed by atoms with van der Waals surface area (Å²) >= 11 is 1.60. The lowest BCUT2D eigenvalue weighted by molar-refractivity contribution is 0.452. The van der Waals surface area contributed by atoms with Crippen LogP contribution in [-0.2, 0) is 0 Å². The van der Waals surface area contributed by atoms with Crippen molar-refractivity contribution in [1.29, 1.82) is 0 Å². The normalized spacial score (nSPS) is 10.4. The third-order valence-corrected chi connectivity index (χ3v) is 2.99. The third kappa shape index (κ3) is 1.46. The molecule has 1 aromatic carbocycles. The van der Waals surface area contributed by atoms with Crippen LogP contribution < -0.4 is 0 Å². The molecule has 0 radical (unpaired) electrons. The molecule has 2 rings (SSSR count). The second kappa shape index (κ2) is 3.35. The number of phenols is 2. The van der Waals surface area contributed by atoms with E-state index in [1.165, 1.54) is 6.07 Å². The highest BCUT2D eigenvalue weighted by Gasteiger charge is 2.07. The average molecular weight is 206 g/mol. The van der Waals surface area contributed by atoms with Gasteiger partial charge in [-0.25, -0.2) is 0 Å². The molecule has 3 heteroatoms. The van der Waals surface area contributed by atoms with E-state index in [1.807, 2.05) is 17.7 Å². The highest BCUT2D eigenvalue weighted by atomic mass is 32.1. The molecule has 14 heavy (non-hydrogen) atoms. The van der Waals surface area contributed by atoms with E-state index in [0.29, 0.717) is 0 Å². The second-order valence-electron chi connectivity index (χ2n) is 3.17. The highest BCUT2D eigenvalue weighted by Crippen LogP contribution is 2.35. The number of aromatic hydroxyl groups is 2. The molecule has 1 aromatic heterocycles. The third-order valence-electron chi connectivity index (χ3n) is 2.13. The summed E-state index contributed by atoms with van der Waals surface area (Å²) in [6.07, 6.45) is 0. The molecule has 2 nitrogen and oxygen atoms in total. The van der Waals surface area contributed by atoms with Gasteiger partial charge in [0.05, 0.1) is 0 Å². The van der Waals surface area contributed by atoms with Crippen LogP contribution in [0.2, 0.25) is 0 Å². The van der Waals surface area contributed by atoms with E-state index >= 15 is 0 Å². The Balaban J connectivity index is 2.58. The summed E-state index contributed by atoms with van der Waals surface area (Å²) in [6.45, 7) is 2.00. The number of hydrogen-bond donors (Lipinski definition) is 2. The van der Waals surface area contributed by atoms with Crippen LogP contribution in [0.3, 0.4) is 0 Å². The van der Waals surface area contributed by atoms with Crippen molar-refractivity contribution in [1.82, 2.24) is 0 Å². The van der Waals surface area contributed by atoms with Crippen molar-refractivity contribution in [3.63, 3.8) is 0 Å². The SMILES string of the molecule is Cc1cscc1-c1ccc(O)cc1O. The molecule has 0 aliphatic carbocycles. The van der Waals surface area contributed by atoms with Crippen LogP contribution in [0.15, 0.2) is 29.0 Å². The van der Waals surface area contributed by atoms with Gasteiger partial charge in [0.2, 0.25) is 0 Å². The van der Waals surface area contributed by atoms with Crippen molar-refractivity contribution < 1.29 is 10.2 Å². The first-order chi connectivity index (χ1) is 6.68. The maximum atomic E-state index is 9.63. The van der Waals surface area contributed by atoms with Gasteiger partial charge >= 0.3 is 0 Å². The standard InChI is InChI=1S/C11H10O2S/c1-7-5-14-6-10(7)9-3-2-8(12)4-11(9)13/h2-6,12-13H,1H3. The van der Waals surface area contributed by atoms with Crippen LogP contribution in [0.25, 0.3) is 11.1 Å². The molecule has 0 spiro atoms. The lowest BCUT2D eigenvalue weighted by atomic mass is 10.0. The molecule has 0 bridgehead atoms. The minimum absolute atomic E-state index is 0.0825. The Kier molecular flexibility index (Phi) is 2.17. The van der Waals surface area contributed by atoms with Gasteiger partial charge in [-0.2, -0.15) is 11.3 Å². The molecule has 72 valence electrons. The molecule has 2 N–H and O–H groups in total. The van der Waals surface area contributed by atoms with Crippen molar-refractivity contribution in [2.24, 2.45) is 0 Å². The first-order valence-corrected chi connectivity index (χ1v) is 5.18. The fourth-order valence-electron chi connectivity index (χ4n) is 1.38. The van der Waals surface area contributed by atoms with E-state index in [-0.39, 0.29) is 11.5 Å². The monoisotopic (exact) mass is 206 g/mol. The predicted octanol–water partition coefficient (Wildman–Crippen LogP) is 3.13. The number of benzene rings is 1. The number of thiophene rings is 1. The minimum atomic E-state index is 0.0825. The van der Waals surface area contributed by atoms with Crippen LogP contribution in [0, 0.1) is 6.92 Å². The molecule has 2 aromatic rings. The van der Waals surface area contributed by atoms with Crippen LogP contribution in [0.4, 0.5) is 0 Å². The molecular weight excluding hydrogens is 196 g/mol. The minimum Gasteiger partial charge on any atom is -0.508 e. The molecule has 0 aliphatic heterocycles. The van der Waals surface area contributed by atoms with Gasteiger partial charge in [0.25, 0.3) is 0 Å². The number of hydrogen-bond acceptors (Lipinski definition) is 3. The Morgan fingerprint density at radius 3 is 2.43 bits per heavy atom. The molecule has 0 saturated heterocycles. The number of rotatable bonds is 1. The van der Waals surface area contributed by atoms with E-state index < -0.39 is 0 Å². The first-order valence-electron chi connectivity index (χ1n) is 4.23. The summed E-state index contributed by atoms with van der Waals surface area (Å²) in [6, 6.07) is 4.65.